The molecule has 0 fully saturated rings. The average Bonchev–Trinajstić information content (AvgIpc) is 2.59. The number of hydrogen-bond donors (Lipinski definition) is 2. The molecule has 1 heterocycles. The number of halogens is 1. The van der Waals surface area contributed by atoms with Crippen molar-refractivity contribution in [1.82, 2.24) is 10.2 Å². The predicted octanol–water partition coefficient (Wildman–Crippen LogP) is 2.67. The third-order valence-corrected chi connectivity index (χ3v) is 4.20. The molecule has 1 amide bonds. The Labute approximate surface area is 162 Å². The third kappa shape index (κ3) is 6.67. The molecule has 0 saturated carbocycles. The van der Waals surface area contributed by atoms with Gasteiger partial charge in [0.25, 0.3) is 0 Å². The van der Waals surface area contributed by atoms with Gasteiger partial charge in [-0.1, -0.05) is 50.5 Å². The first kappa shape index (κ1) is 20.7. The smallest absolute Gasteiger partial charge is 0.244 e. The molecule has 1 aliphatic heterocycles. The Balaban J connectivity index is 0.00000288. The number of rotatable bonds is 7. The summed E-state index contributed by atoms with van der Waals surface area (Å²) < 4.78 is 0. The minimum atomic E-state index is 0. The molecule has 0 aromatic heterocycles. The molecule has 0 bridgehead atoms. The molecule has 2 rings (SSSR count). The maximum absolute atomic E-state index is 12.3. The van der Waals surface area contributed by atoms with Crippen molar-refractivity contribution in [2.75, 3.05) is 19.6 Å². The Bertz CT molecular complexity index is 548. The van der Waals surface area contributed by atoms with E-state index in [1.54, 1.807) is 0 Å². The van der Waals surface area contributed by atoms with Gasteiger partial charge in [0.2, 0.25) is 5.91 Å². The number of hydrogen-bond acceptors (Lipinski definition) is 2. The second-order valence-electron chi connectivity index (χ2n) is 6.02. The summed E-state index contributed by atoms with van der Waals surface area (Å²) in [6, 6.07) is 8.29. The summed E-state index contributed by atoms with van der Waals surface area (Å²) in [5.41, 5.74) is 8.39. The van der Waals surface area contributed by atoms with Crippen LogP contribution in [0.4, 0.5) is 0 Å². The highest BCUT2D eigenvalue weighted by molar-refractivity contribution is 14.0. The van der Waals surface area contributed by atoms with Gasteiger partial charge in [0.05, 0.1) is 0 Å². The summed E-state index contributed by atoms with van der Waals surface area (Å²) in [6.07, 6.45) is 5.66. The van der Waals surface area contributed by atoms with Gasteiger partial charge in [0.15, 0.2) is 5.96 Å². The van der Waals surface area contributed by atoms with Crippen LogP contribution in [-0.2, 0) is 17.8 Å². The Morgan fingerprint density at radius 3 is 2.75 bits per heavy atom. The fraction of sp³-hybridized carbons (Fsp3) is 0.556. The van der Waals surface area contributed by atoms with Crippen molar-refractivity contribution in [3.63, 3.8) is 0 Å². The van der Waals surface area contributed by atoms with Gasteiger partial charge in [0, 0.05) is 19.6 Å². The third-order valence-electron chi connectivity index (χ3n) is 4.20. The van der Waals surface area contributed by atoms with Crippen molar-refractivity contribution in [1.29, 1.82) is 0 Å². The van der Waals surface area contributed by atoms with Crippen LogP contribution in [0.5, 0.6) is 0 Å². The van der Waals surface area contributed by atoms with E-state index in [9.17, 15) is 4.79 Å². The highest BCUT2D eigenvalue weighted by atomic mass is 127. The Morgan fingerprint density at radius 1 is 1.25 bits per heavy atom. The highest BCUT2D eigenvalue weighted by Crippen LogP contribution is 2.18. The minimum Gasteiger partial charge on any atom is -0.370 e. The van der Waals surface area contributed by atoms with Crippen molar-refractivity contribution in [3.05, 3.63) is 35.4 Å². The van der Waals surface area contributed by atoms with Gasteiger partial charge in [-0.3, -0.25) is 4.79 Å². The topological polar surface area (TPSA) is 70.7 Å². The number of nitrogens with one attached hydrogen (secondary N) is 1. The molecular formula is C18H29IN4O. The molecular weight excluding hydrogens is 415 g/mol. The first-order valence-corrected chi connectivity index (χ1v) is 8.59. The first-order chi connectivity index (χ1) is 11.2. The van der Waals surface area contributed by atoms with E-state index in [1.807, 2.05) is 17.0 Å². The van der Waals surface area contributed by atoms with Gasteiger partial charge in [-0.15, -0.1) is 24.0 Å². The van der Waals surface area contributed by atoms with Crippen molar-refractivity contribution >= 4 is 35.8 Å². The second kappa shape index (κ2) is 11.3. The largest absolute Gasteiger partial charge is 0.370 e. The molecule has 0 radical (unpaired) electrons. The van der Waals surface area contributed by atoms with Crippen LogP contribution in [0.2, 0.25) is 0 Å². The van der Waals surface area contributed by atoms with Gasteiger partial charge in [-0.25, -0.2) is 4.99 Å². The first-order valence-electron chi connectivity index (χ1n) is 8.59. The molecule has 0 saturated heterocycles. The molecule has 0 unspecified atom stereocenters. The molecule has 5 nitrogen and oxygen atoms in total. The molecule has 1 aromatic carbocycles. The molecule has 134 valence electrons. The Morgan fingerprint density at radius 2 is 2.00 bits per heavy atom. The highest BCUT2D eigenvalue weighted by Gasteiger charge is 2.19. The maximum atomic E-state index is 12.3. The zero-order valence-corrected chi connectivity index (χ0v) is 16.8. The van der Waals surface area contributed by atoms with Crippen LogP contribution in [0, 0.1) is 0 Å². The number of carbonyl (C=O) groups is 1. The Kier molecular flexibility index (Phi) is 9.75. The standard InChI is InChI=1S/C18H28N4O.HI/c1-2-3-4-7-11-20-18(19)21-13-17(23)22-12-10-15-8-5-6-9-16(15)14-22;/h5-6,8-9H,2-4,7,10-14H2,1H3,(H3,19,20,21);1H. The van der Waals surface area contributed by atoms with Crippen molar-refractivity contribution in [2.24, 2.45) is 10.7 Å². The van der Waals surface area contributed by atoms with E-state index in [-0.39, 0.29) is 36.4 Å². The van der Waals surface area contributed by atoms with Crippen LogP contribution in [0.15, 0.2) is 29.3 Å². The van der Waals surface area contributed by atoms with Gasteiger partial charge in [-0.05, 0) is 24.0 Å². The van der Waals surface area contributed by atoms with Crippen LogP contribution in [0.3, 0.4) is 0 Å². The number of nitrogens with two attached hydrogens (primary N) is 1. The fourth-order valence-corrected chi connectivity index (χ4v) is 2.79. The van der Waals surface area contributed by atoms with Crippen LogP contribution >= 0.6 is 24.0 Å². The van der Waals surface area contributed by atoms with E-state index in [0.29, 0.717) is 12.5 Å². The van der Waals surface area contributed by atoms with Crippen LogP contribution < -0.4 is 11.1 Å². The zero-order valence-electron chi connectivity index (χ0n) is 14.5. The minimum absolute atomic E-state index is 0. The van der Waals surface area contributed by atoms with Crippen molar-refractivity contribution in [2.45, 2.75) is 45.6 Å². The SMILES string of the molecule is CCCCCCNC(N)=NCC(=O)N1CCc2ccccc2C1.I. The predicted molar refractivity (Wildman–Crippen MR) is 110 cm³/mol. The van der Waals surface area contributed by atoms with E-state index in [4.69, 9.17) is 5.73 Å². The quantitative estimate of drug-likeness (QED) is 0.294. The lowest BCUT2D eigenvalue weighted by atomic mass is 10.00. The average molecular weight is 444 g/mol. The molecule has 1 aliphatic rings. The van der Waals surface area contributed by atoms with Crippen LogP contribution in [-0.4, -0.2) is 36.4 Å². The molecule has 24 heavy (non-hydrogen) atoms. The zero-order chi connectivity index (χ0) is 16.5. The monoisotopic (exact) mass is 444 g/mol. The van der Waals surface area contributed by atoms with E-state index < -0.39 is 0 Å². The van der Waals surface area contributed by atoms with E-state index in [0.717, 1.165) is 25.9 Å². The number of nitrogens with zero attached hydrogens (tertiary/aromatic N) is 2. The number of aliphatic imine (C=N–C) groups is 1. The number of benzene rings is 1. The number of amides is 1. The second-order valence-corrected chi connectivity index (χ2v) is 6.02. The molecule has 3 N–H and O–H groups in total. The van der Waals surface area contributed by atoms with Crippen molar-refractivity contribution < 1.29 is 4.79 Å². The Hall–Kier alpha value is -1.31. The van der Waals surface area contributed by atoms with Gasteiger partial charge in [-0.2, -0.15) is 0 Å². The lowest BCUT2D eigenvalue weighted by Gasteiger charge is -2.28. The van der Waals surface area contributed by atoms with Gasteiger partial charge < -0.3 is 16.0 Å². The molecule has 1 aromatic rings. The summed E-state index contributed by atoms with van der Waals surface area (Å²) in [5, 5.41) is 3.07. The lowest BCUT2D eigenvalue weighted by molar-refractivity contribution is -0.130. The van der Waals surface area contributed by atoms with Crippen molar-refractivity contribution in [3.8, 4) is 0 Å². The summed E-state index contributed by atoms with van der Waals surface area (Å²) >= 11 is 0. The fourth-order valence-electron chi connectivity index (χ4n) is 2.79. The molecule has 0 aliphatic carbocycles. The molecule has 6 heteroatoms. The number of fused-ring (bicyclic) bond motifs is 1. The summed E-state index contributed by atoms with van der Waals surface area (Å²) in [5.74, 6) is 0.405. The van der Waals surface area contributed by atoms with E-state index in [2.05, 4.69) is 29.4 Å². The summed E-state index contributed by atoms with van der Waals surface area (Å²) in [7, 11) is 0. The maximum Gasteiger partial charge on any atom is 0.244 e. The van der Waals surface area contributed by atoms with Gasteiger partial charge in [0.1, 0.15) is 6.54 Å². The van der Waals surface area contributed by atoms with Crippen LogP contribution in [0.1, 0.15) is 43.7 Å². The molecule has 0 atom stereocenters. The summed E-state index contributed by atoms with van der Waals surface area (Å²) in [4.78, 5) is 18.3. The number of carbonyl (C=O) groups excluding carboxylic acids is 1. The van der Waals surface area contributed by atoms with E-state index in [1.165, 1.54) is 30.4 Å². The van der Waals surface area contributed by atoms with E-state index >= 15 is 0 Å². The normalized spacial score (nSPS) is 13.9. The lowest BCUT2D eigenvalue weighted by Crippen LogP contribution is -2.39. The number of unbranched alkanes of at least 4 members (excludes halogenated alkanes) is 3. The summed E-state index contributed by atoms with van der Waals surface area (Å²) in [6.45, 7) is 4.56. The molecule has 0 spiro atoms. The van der Waals surface area contributed by atoms with Crippen LogP contribution in [0.25, 0.3) is 0 Å². The number of guanidine groups is 1. The van der Waals surface area contributed by atoms with Gasteiger partial charge >= 0.3 is 0 Å².